The van der Waals surface area contributed by atoms with Crippen molar-refractivity contribution in [1.82, 2.24) is 25.1 Å². The number of likely N-dealkylation sites (tertiary alicyclic amines) is 1. The second-order valence-corrected chi connectivity index (χ2v) is 12.1. The van der Waals surface area contributed by atoms with Gasteiger partial charge in [0, 0.05) is 55.1 Å². The molecular weight excluding hydrogens is 515 g/mol. The van der Waals surface area contributed by atoms with Crippen LogP contribution in [0.4, 0.5) is 13.2 Å². The number of piperidine rings is 1. The number of aromatic nitrogens is 2. The summed E-state index contributed by atoms with van der Waals surface area (Å²) in [6.07, 6.45) is -2.99. The van der Waals surface area contributed by atoms with E-state index in [0.29, 0.717) is 28.9 Å². The van der Waals surface area contributed by atoms with Crippen LogP contribution in [0, 0.1) is 24.2 Å². The van der Waals surface area contributed by atoms with E-state index in [9.17, 15) is 22.8 Å². The number of alkyl halides is 3. The van der Waals surface area contributed by atoms with Gasteiger partial charge in [-0.2, -0.15) is 13.2 Å². The summed E-state index contributed by atoms with van der Waals surface area (Å²) in [5.41, 5.74) is 1.67. The molecule has 11 heteroatoms. The molecule has 2 amide bonds. The Morgan fingerprint density at radius 2 is 1.76 bits per heavy atom. The Balaban J connectivity index is 1.39. The fourth-order valence-electron chi connectivity index (χ4n) is 5.97. The molecule has 2 saturated heterocycles. The molecule has 6 rings (SSSR count). The van der Waals surface area contributed by atoms with E-state index in [2.05, 4.69) is 20.2 Å². The standard InChI is InChI=1S/C27H28F3N5O2S/c1-14-18(13-34-8-6-31-7-9-34)17(11-20(33-14)27(28,29)30)16-4-5-32-19-10-15(38-23(16)19)12-35-24(36)21-22(25(35)37)26(21,2)3/h4-5,10-11,21-22,31H,6-9,12-13H2,1-3H3. The van der Waals surface area contributed by atoms with Gasteiger partial charge in [0.05, 0.1) is 28.6 Å². The Bertz CT molecular complexity index is 1440. The Kier molecular flexibility index (Phi) is 5.89. The van der Waals surface area contributed by atoms with E-state index < -0.39 is 11.9 Å². The Morgan fingerprint density at radius 3 is 2.42 bits per heavy atom. The molecule has 1 aliphatic carbocycles. The van der Waals surface area contributed by atoms with Gasteiger partial charge in [0.1, 0.15) is 5.69 Å². The monoisotopic (exact) mass is 543 g/mol. The number of nitrogens with zero attached hydrogens (tertiary/aromatic N) is 4. The summed E-state index contributed by atoms with van der Waals surface area (Å²) in [7, 11) is 0. The molecule has 0 spiro atoms. The minimum atomic E-state index is -4.58. The zero-order chi connectivity index (χ0) is 27.0. The van der Waals surface area contributed by atoms with E-state index >= 15 is 0 Å². The molecule has 2 aliphatic heterocycles. The van der Waals surface area contributed by atoms with Crippen molar-refractivity contribution in [2.45, 2.75) is 40.0 Å². The van der Waals surface area contributed by atoms with Crippen LogP contribution in [-0.4, -0.2) is 57.8 Å². The summed E-state index contributed by atoms with van der Waals surface area (Å²) < 4.78 is 42.1. The van der Waals surface area contributed by atoms with Gasteiger partial charge in [0.25, 0.3) is 0 Å². The molecule has 5 heterocycles. The lowest BCUT2D eigenvalue weighted by Crippen LogP contribution is -2.43. The largest absolute Gasteiger partial charge is 0.433 e. The fraction of sp³-hybridized carbons (Fsp3) is 0.481. The number of hydrogen-bond acceptors (Lipinski definition) is 7. The van der Waals surface area contributed by atoms with Gasteiger partial charge in [-0.3, -0.25) is 24.4 Å². The number of carbonyl (C=O) groups excluding carboxylic acids is 2. The van der Waals surface area contributed by atoms with E-state index in [0.717, 1.165) is 47.4 Å². The van der Waals surface area contributed by atoms with E-state index in [1.165, 1.54) is 16.2 Å². The van der Waals surface area contributed by atoms with Gasteiger partial charge in [0.2, 0.25) is 11.8 Å². The first kappa shape index (κ1) is 25.4. The van der Waals surface area contributed by atoms with Crippen LogP contribution in [0.2, 0.25) is 0 Å². The van der Waals surface area contributed by atoms with Gasteiger partial charge in [-0.25, -0.2) is 4.98 Å². The quantitative estimate of drug-likeness (QED) is 0.486. The highest BCUT2D eigenvalue weighted by atomic mass is 32.1. The van der Waals surface area contributed by atoms with Gasteiger partial charge in [-0.1, -0.05) is 13.8 Å². The number of pyridine rings is 2. The number of piperazine rings is 1. The number of imide groups is 1. The number of nitrogens with one attached hydrogen (secondary N) is 1. The highest BCUT2D eigenvalue weighted by Crippen LogP contribution is 2.63. The Hall–Kier alpha value is -2.89. The Morgan fingerprint density at radius 1 is 1.08 bits per heavy atom. The molecule has 2 unspecified atom stereocenters. The third-order valence-electron chi connectivity index (χ3n) is 8.17. The number of rotatable bonds is 5. The summed E-state index contributed by atoms with van der Waals surface area (Å²) in [4.78, 5) is 38.4. The second kappa shape index (κ2) is 8.82. The van der Waals surface area contributed by atoms with Gasteiger partial charge >= 0.3 is 6.18 Å². The number of carbonyl (C=O) groups is 2. The van der Waals surface area contributed by atoms with Crippen molar-refractivity contribution in [3.63, 3.8) is 0 Å². The van der Waals surface area contributed by atoms with Crippen molar-refractivity contribution >= 4 is 33.4 Å². The summed E-state index contributed by atoms with van der Waals surface area (Å²) in [6, 6.07) is 4.71. The first-order chi connectivity index (χ1) is 18.0. The van der Waals surface area contributed by atoms with E-state index in [4.69, 9.17) is 0 Å². The van der Waals surface area contributed by atoms with Gasteiger partial charge in [0.15, 0.2) is 0 Å². The van der Waals surface area contributed by atoms with Gasteiger partial charge in [-0.05, 0) is 41.7 Å². The first-order valence-electron chi connectivity index (χ1n) is 12.7. The van der Waals surface area contributed by atoms with Crippen LogP contribution in [0.25, 0.3) is 21.3 Å². The zero-order valence-corrected chi connectivity index (χ0v) is 22.2. The van der Waals surface area contributed by atoms with Crippen LogP contribution in [0.5, 0.6) is 0 Å². The van der Waals surface area contributed by atoms with Crippen LogP contribution in [0.15, 0.2) is 24.4 Å². The van der Waals surface area contributed by atoms with Crippen LogP contribution in [-0.2, 0) is 28.9 Å². The van der Waals surface area contributed by atoms with E-state index in [1.54, 1.807) is 19.2 Å². The van der Waals surface area contributed by atoms with E-state index in [-0.39, 0.29) is 35.6 Å². The van der Waals surface area contributed by atoms with Crippen LogP contribution in [0.3, 0.4) is 0 Å². The van der Waals surface area contributed by atoms with Crippen molar-refractivity contribution in [3.8, 4) is 11.1 Å². The van der Waals surface area contributed by atoms with Crippen molar-refractivity contribution in [1.29, 1.82) is 0 Å². The number of thiophene rings is 1. The van der Waals surface area contributed by atoms with Crippen LogP contribution >= 0.6 is 11.3 Å². The number of hydrogen-bond donors (Lipinski definition) is 1. The molecular formula is C27H28F3N5O2S. The minimum Gasteiger partial charge on any atom is -0.314 e. The normalized spacial score (nSPS) is 23.4. The smallest absolute Gasteiger partial charge is 0.314 e. The average Bonchev–Trinajstić information content (AvgIpc) is 3.10. The summed E-state index contributed by atoms with van der Waals surface area (Å²) in [6.45, 7) is 9.39. The van der Waals surface area contributed by atoms with Gasteiger partial charge in [-0.15, -0.1) is 11.3 Å². The first-order valence-corrected chi connectivity index (χ1v) is 13.5. The third kappa shape index (κ3) is 4.11. The highest BCUT2D eigenvalue weighted by molar-refractivity contribution is 7.19. The predicted molar refractivity (Wildman–Crippen MR) is 137 cm³/mol. The number of amides is 2. The number of halogens is 3. The number of aryl methyl sites for hydroxylation is 1. The summed E-state index contributed by atoms with van der Waals surface area (Å²) in [5.74, 6) is -0.806. The maximum atomic E-state index is 13.8. The molecule has 7 nitrogen and oxygen atoms in total. The molecule has 0 radical (unpaired) electrons. The van der Waals surface area contributed by atoms with Crippen molar-refractivity contribution in [2.75, 3.05) is 26.2 Å². The second-order valence-electron chi connectivity index (χ2n) is 11.0. The topological polar surface area (TPSA) is 78.4 Å². The zero-order valence-electron chi connectivity index (χ0n) is 21.4. The molecule has 0 aromatic carbocycles. The minimum absolute atomic E-state index is 0.145. The SMILES string of the molecule is Cc1nc(C(F)(F)F)cc(-c2ccnc3cc(CN4C(=O)C5C(C4=O)C5(C)C)sc23)c1CN1CCNCC1. The fourth-order valence-corrected chi connectivity index (χ4v) is 7.10. The molecule has 1 saturated carbocycles. The molecule has 3 aliphatic rings. The maximum Gasteiger partial charge on any atom is 0.433 e. The maximum absolute atomic E-state index is 13.8. The lowest BCUT2D eigenvalue weighted by molar-refractivity contribution is -0.144. The van der Waals surface area contributed by atoms with Gasteiger partial charge < -0.3 is 5.32 Å². The molecule has 2 atom stereocenters. The molecule has 3 fully saturated rings. The molecule has 3 aromatic rings. The predicted octanol–water partition coefficient (Wildman–Crippen LogP) is 4.23. The van der Waals surface area contributed by atoms with E-state index in [1.807, 2.05) is 19.9 Å². The molecule has 1 N–H and O–H groups in total. The van der Waals surface area contributed by atoms with Crippen molar-refractivity contribution in [2.24, 2.45) is 17.3 Å². The average molecular weight is 544 g/mol. The summed E-state index contributed by atoms with van der Waals surface area (Å²) in [5, 5.41) is 3.30. The van der Waals surface area contributed by atoms with Crippen molar-refractivity contribution < 1.29 is 22.8 Å². The molecule has 200 valence electrons. The van der Waals surface area contributed by atoms with Crippen molar-refractivity contribution in [3.05, 3.63) is 46.2 Å². The lowest BCUT2D eigenvalue weighted by Gasteiger charge is -2.29. The van der Waals surface area contributed by atoms with Crippen LogP contribution in [0.1, 0.15) is 35.7 Å². The number of fused-ring (bicyclic) bond motifs is 2. The van der Waals surface area contributed by atoms with Crippen LogP contribution < -0.4 is 5.32 Å². The third-order valence-corrected chi connectivity index (χ3v) is 9.31. The molecule has 3 aromatic heterocycles. The summed E-state index contributed by atoms with van der Waals surface area (Å²) >= 11 is 1.37. The molecule has 0 bridgehead atoms. The highest BCUT2D eigenvalue weighted by Gasteiger charge is 2.72. The lowest BCUT2D eigenvalue weighted by atomic mass is 9.97. The Labute approximate surface area is 222 Å². The molecule has 38 heavy (non-hydrogen) atoms.